The highest BCUT2D eigenvalue weighted by molar-refractivity contribution is 5.45. The van der Waals surface area contributed by atoms with Gasteiger partial charge >= 0.3 is 0 Å². The van der Waals surface area contributed by atoms with Gasteiger partial charge in [0.05, 0.1) is 0 Å². The van der Waals surface area contributed by atoms with E-state index < -0.39 is 0 Å². The zero-order chi connectivity index (χ0) is 27.5. The Morgan fingerprint density at radius 1 is 0.436 bits per heavy atom. The van der Waals surface area contributed by atoms with E-state index in [4.69, 9.17) is 11.5 Å². The largest absolute Gasteiger partial charge is 0.399 e. The van der Waals surface area contributed by atoms with Crippen LogP contribution in [0.3, 0.4) is 0 Å². The average molecular weight is 519 g/mol. The van der Waals surface area contributed by atoms with Crippen LogP contribution in [0.25, 0.3) is 0 Å². The van der Waals surface area contributed by atoms with E-state index in [2.05, 4.69) is 86.6 Å². The van der Waals surface area contributed by atoms with Gasteiger partial charge in [0.1, 0.15) is 0 Å². The first-order valence-electron chi connectivity index (χ1n) is 15.0. The van der Waals surface area contributed by atoms with Gasteiger partial charge in [-0.15, -0.1) is 0 Å². The molecular formula is C37H46N2. The predicted molar refractivity (Wildman–Crippen MR) is 169 cm³/mol. The summed E-state index contributed by atoms with van der Waals surface area (Å²) in [5.41, 5.74) is 21.8. The van der Waals surface area contributed by atoms with Gasteiger partial charge in [-0.1, -0.05) is 125 Å². The van der Waals surface area contributed by atoms with Crippen LogP contribution in [-0.2, 0) is 6.42 Å². The summed E-state index contributed by atoms with van der Waals surface area (Å²) < 4.78 is 0. The molecule has 0 bridgehead atoms. The lowest BCUT2D eigenvalue weighted by Gasteiger charge is -2.19. The molecule has 0 heterocycles. The standard InChI is InChI=1S/C37H46N2/c1-3-5-7-9-36(32-19-23-34(38)24-20-32)30-15-11-28(12-16-30)27-29-13-17-31(18-14-29)37(10-8-6-4-2)33-21-25-35(39)26-22-33/h11-26,36-37H,3-10,27,38-39H2,1-2H3. The second-order valence-corrected chi connectivity index (χ2v) is 11.1. The number of nitrogens with two attached hydrogens (primary N) is 2. The van der Waals surface area contributed by atoms with Crippen LogP contribution >= 0.6 is 0 Å². The van der Waals surface area contributed by atoms with Crippen molar-refractivity contribution in [2.24, 2.45) is 0 Å². The van der Waals surface area contributed by atoms with E-state index >= 15 is 0 Å². The summed E-state index contributed by atoms with van der Waals surface area (Å²) in [6.45, 7) is 4.54. The molecular weight excluding hydrogens is 472 g/mol. The second-order valence-electron chi connectivity index (χ2n) is 11.1. The zero-order valence-corrected chi connectivity index (χ0v) is 23.9. The van der Waals surface area contributed by atoms with E-state index in [1.54, 1.807) is 0 Å². The minimum Gasteiger partial charge on any atom is -0.399 e. The van der Waals surface area contributed by atoms with Crippen LogP contribution < -0.4 is 11.5 Å². The van der Waals surface area contributed by atoms with Gasteiger partial charge in [0.2, 0.25) is 0 Å². The second kappa shape index (κ2) is 14.6. The molecule has 0 saturated carbocycles. The van der Waals surface area contributed by atoms with Crippen molar-refractivity contribution in [3.8, 4) is 0 Å². The summed E-state index contributed by atoms with van der Waals surface area (Å²) >= 11 is 0. The molecule has 0 aliphatic carbocycles. The molecule has 0 aliphatic rings. The molecule has 0 aromatic heterocycles. The summed E-state index contributed by atoms with van der Waals surface area (Å²) in [5, 5.41) is 0. The fourth-order valence-electron chi connectivity index (χ4n) is 5.68. The summed E-state index contributed by atoms with van der Waals surface area (Å²) in [5.74, 6) is 0.840. The Labute approximate surface area is 236 Å². The normalized spacial score (nSPS) is 12.8. The van der Waals surface area contributed by atoms with E-state index in [1.165, 1.54) is 84.7 Å². The molecule has 0 radical (unpaired) electrons. The summed E-state index contributed by atoms with van der Waals surface area (Å²) in [7, 11) is 0. The minimum atomic E-state index is 0.420. The van der Waals surface area contributed by atoms with Crippen molar-refractivity contribution in [3.63, 3.8) is 0 Å². The summed E-state index contributed by atoms with van der Waals surface area (Å²) in [6.07, 6.45) is 10.8. The summed E-state index contributed by atoms with van der Waals surface area (Å²) in [4.78, 5) is 0. The predicted octanol–water partition coefficient (Wildman–Crippen LogP) is 9.87. The number of benzene rings is 4. The zero-order valence-electron chi connectivity index (χ0n) is 23.9. The smallest absolute Gasteiger partial charge is 0.0314 e. The highest BCUT2D eigenvalue weighted by Crippen LogP contribution is 2.33. The molecule has 0 aliphatic heterocycles. The Morgan fingerprint density at radius 3 is 1.05 bits per heavy atom. The van der Waals surface area contributed by atoms with Gasteiger partial charge in [0.15, 0.2) is 0 Å². The SMILES string of the molecule is CCCCCC(c1ccc(N)cc1)c1ccc(Cc2ccc(C(CCCCC)c3ccc(N)cc3)cc2)cc1. The first-order valence-corrected chi connectivity index (χ1v) is 15.0. The maximum atomic E-state index is 5.96. The topological polar surface area (TPSA) is 52.0 Å². The minimum absolute atomic E-state index is 0.420. The number of hydrogen-bond acceptors (Lipinski definition) is 2. The fourth-order valence-corrected chi connectivity index (χ4v) is 5.68. The van der Waals surface area contributed by atoms with Crippen molar-refractivity contribution < 1.29 is 0 Å². The fraction of sp³-hybridized carbons (Fsp3) is 0.351. The third-order valence-electron chi connectivity index (χ3n) is 8.04. The van der Waals surface area contributed by atoms with Crippen LogP contribution in [0.15, 0.2) is 97.1 Å². The Balaban J connectivity index is 1.46. The van der Waals surface area contributed by atoms with Crippen molar-refractivity contribution in [1.29, 1.82) is 0 Å². The van der Waals surface area contributed by atoms with Gasteiger partial charge in [0, 0.05) is 23.2 Å². The highest BCUT2D eigenvalue weighted by Gasteiger charge is 2.16. The Bertz CT molecular complexity index is 1140. The van der Waals surface area contributed by atoms with E-state index in [0.717, 1.165) is 17.8 Å². The van der Waals surface area contributed by atoms with E-state index in [9.17, 15) is 0 Å². The van der Waals surface area contributed by atoms with Gasteiger partial charge in [0.25, 0.3) is 0 Å². The van der Waals surface area contributed by atoms with Crippen LogP contribution in [-0.4, -0.2) is 0 Å². The Hall–Kier alpha value is -3.52. The lowest BCUT2D eigenvalue weighted by Crippen LogP contribution is -2.03. The van der Waals surface area contributed by atoms with Crippen molar-refractivity contribution in [3.05, 3.63) is 130 Å². The van der Waals surface area contributed by atoms with Crippen LogP contribution in [0.1, 0.15) is 110 Å². The third kappa shape index (κ3) is 8.23. The Morgan fingerprint density at radius 2 is 0.744 bits per heavy atom. The molecule has 204 valence electrons. The molecule has 2 unspecified atom stereocenters. The molecule has 4 rings (SSSR count). The van der Waals surface area contributed by atoms with Gasteiger partial charge in [-0.25, -0.2) is 0 Å². The van der Waals surface area contributed by atoms with Gasteiger partial charge in [-0.3, -0.25) is 0 Å². The molecule has 0 amide bonds. The van der Waals surface area contributed by atoms with Crippen LogP contribution in [0, 0.1) is 0 Å². The average Bonchev–Trinajstić information content (AvgIpc) is 2.96. The molecule has 0 fully saturated rings. The lowest BCUT2D eigenvalue weighted by atomic mass is 9.85. The lowest BCUT2D eigenvalue weighted by molar-refractivity contribution is 0.618. The van der Waals surface area contributed by atoms with Gasteiger partial charge in [-0.2, -0.15) is 0 Å². The van der Waals surface area contributed by atoms with Crippen LogP contribution in [0.2, 0.25) is 0 Å². The molecule has 4 aromatic carbocycles. The van der Waals surface area contributed by atoms with Gasteiger partial charge in [-0.05, 0) is 76.9 Å². The molecule has 39 heavy (non-hydrogen) atoms. The molecule has 2 heteroatoms. The summed E-state index contributed by atoms with van der Waals surface area (Å²) in [6, 6.07) is 35.5. The van der Waals surface area contributed by atoms with E-state index in [0.29, 0.717) is 11.8 Å². The molecule has 0 spiro atoms. The number of anilines is 2. The van der Waals surface area contributed by atoms with Crippen molar-refractivity contribution in [1.82, 2.24) is 0 Å². The van der Waals surface area contributed by atoms with E-state index in [-0.39, 0.29) is 0 Å². The van der Waals surface area contributed by atoms with E-state index in [1.807, 2.05) is 24.3 Å². The maximum Gasteiger partial charge on any atom is 0.0314 e. The Kier molecular flexibility index (Phi) is 10.7. The number of rotatable bonds is 14. The number of nitrogen functional groups attached to an aromatic ring is 2. The van der Waals surface area contributed by atoms with Crippen molar-refractivity contribution in [2.45, 2.75) is 83.5 Å². The van der Waals surface area contributed by atoms with Gasteiger partial charge < -0.3 is 11.5 Å². The van der Waals surface area contributed by atoms with Crippen molar-refractivity contribution in [2.75, 3.05) is 11.5 Å². The molecule has 2 nitrogen and oxygen atoms in total. The quantitative estimate of drug-likeness (QED) is 0.129. The number of unbranched alkanes of at least 4 members (excludes halogenated alkanes) is 4. The monoisotopic (exact) mass is 518 g/mol. The van der Waals surface area contributed by atoms with Crippen LogP contribution in [0.5, 0.6) is 0 Å². The third-order valence-corrected chi connectivity index (χ3v) is 8.04. The number of hydrogen-bond donors (Lipinski definition) is 2. The molecule has 4 aromatic rings. The first-order chi connectivity index (χ1) is 19.1. The van der Waals surface area contributed by atoms with Crippen molar-refractivity contribution >= 4 is 11.4 Å². The first kappa shape index (κ1) is 28.5. The molecule has 2 atom stereocenters. The molecule has 0 saturated heterocycles. The highest BCUT2D eigenvalue weighted by atomic mass is 14.5. The van der Waals surface area contributed by atoms with Crippen LogP contribution in [0.4, 0.5) is 11.4 Å². The maximum absolute atomic E-state index is 5.96. The molecule has 4 N–H and O–H groups in total.